The van der Waals surface area contributed by atoms with Crippen molar-refractivity contribution in [2.75, 3.05) is 0 Å². The Balaban J connectivity index is 0.000000336. The second-order valence-electron chi connectivity index (χ2n) is 9.66. The van der Waals surface area contributed by atoms with Crippen LogP contribution in [-0.2, 0) is 0 Å². The van der Waals surface area contributed by atoms with Crippen LogP contribution in [0.3, 0.4) is 0 Å². The standard InChI is InChI=1S/C6H6.3C5H5N.2C4H4N2.C4H5N.C4H4O.C4H4S.C2H2N2O.C2H2N2S/c4*1-2-4-6-5-3-1;2*1-2-5-4-6-3-1;3*1-2-4-5-3-1;2*1-3-4-2-5-1/h1-6H;3*1-5H;2*1-4H;1-5H;2*1-4H;2*1-2H. The van der Waals surface area contributed by atoms with Gasteiger partial charge in [-0.15, -0.1) is 31.7 Å². The van der Waals surface area contributed by atoms with Gasteiger partial charge in [0.25, 0.3) is 0 Å². The van der Waals surface area contributed by atoms with Gasteiger partial charge in [-0.2, -0.15) is 11.3 Å². The van der Waals surface area contributed by atoms with Crippen molar-refractivity contribution >= 4 is 22.7 Å². The zero-order valence-corrected chi connectivity index (χ0v) is 34.7. The second-order valence-corrected chi connectivity index (χ2v) is 11.2. The molecule has 0 spiro atoms. The molecule has 1 N–H and O–H groups in total. The summed E-state index contributed by atoms with van der Waals surface area (Å²) in [5, 5.41) is 17.7. The van der Waals surface area contributed by atoms with E-state index in [0.29, 0.717) is 0 Å². The minimum Gasteiger partial charge on any atom is -0.473 e. The Hall–Kier alpha value is -8.21. The van der Waals surface area contributed by atoms with Gasteiger partial charge >= 0.3 is 0 Å². The van der Waals surface area contributed by atoms with E-state index < -0.39 is 0 Å². The zero-order valence-electron chi connectivity index (χ0n) is 33.0. The maximum Gasteiger partial charge on any atom is 0.203 e. The van der Waals surface area contributed by atoms with E-state index in [1.807, 2.05) is 151 Å². The van der Waals surface area contributed by atoms with Crippen molar-refractivity contribution < 1.29 is 8.83 Å². The quantitative estimate of drug-likeness (QED) is 0.152. The third-order valence-electron chi connectivity index (χ3n) is 5.23. The van der Waals surface area contributed by atoms with Crippen molar-refractivity contribution in [3.8, 4) is 0 Å². The van der Waals surface area contributed by atoms with Gasteiger partial charge in [-0.25, -0.2) is 19.9 Å². The maximum atomic E-state index is 4.58. The summed E-state index contributed by atoms with van der Waals surface area (Å²) < 4.78 is 8.94. The summed E-state index contributed by atoms with van der Waals surface area (Å²) in [6, 6.07) is 44.3. The average Bonchev–Trinajstić information content (AvgIpc) is 4.25. The predicted octanol–water partition coefficient (Wildman–Crippen LogP) is 10.5. The van der Waals surface area contributed by atoms with Gasteiger partial charge in [-0.1, -0.05) is 66.7 Å². The molecule has 0 atom stereocenters. The van der Waals surface area contributed by atoms with Crippen molar-refractivity contribution in [2.45, 2.75) is 0 Å². The molecule has 0 bridgehead atoms. The molecular weight excluding hydrogens is 805 g/mol. The van der Waals surface area contributed by atoms with E-state index in [1.165, 1.54) is 36.8 Å². The van der Waals surface area contributed by atoms with Crippen molar-refractivity contribution in [3.05, 3.63) is 274 Å². The minimum absolute atomic E-state index is 1.26. The molecule has 0 aliphatic rings. The molecule has 0 unspecified atom stereocenters. The molecule has 0 radical (unpaired) electrons. The summed E-state index contributed by atoms with van der Waals surface area (Å²) in [5.41, 5.74) is 3.36. The van der Waals surface area contributed by atoms with E-state index in [2.05, 4.69) is 69.1 Å². The number of rotatable bonds is 0. The summed E-state index contributed by atoms with van der Waals surface area (Å²) in [5.74, 6) is 0. The van der Waals surface area contributed by atoms with Crippen LogP contribution in [0, 0.1) is 0 Å². The number of nitrogens with zero attached hydrogens (tertiary/aromatic N) is 11. The molecular formula is C45H46N12O2S2. The fourth-order valence-corrected chi connectivity index (χ4v) is 3.56. The van der Waals surface area contributed by atoms with Gasteiger partial charge in [0.15, 0.2) is 0 Å². The van der Waals surface area contributed by atoms with E-state index in [4.69, 9.17) is 0 Å². The maximum absolute atomic E-state index is 4.58. The van der Waals surface area contributed by atoms with Gasteiger partial charge < -0.3 is 13.8 Å². The van der Waals surface area contributed by atoms with Crippen LogP contribution in [0.1, 0.15) is 0 Å². The molecule has 11 rings (SSSR count). The van der Waals surface area contributed by atoms with Crippen LogP contribution in [0.15, 0.2) is 282 Å². The van der Waals surface area contributed by atoms with Crippen LogP contribution in [0.5, 0.6) is 0 Å². The monoisotopic (exact) mass is 850 g/mol. The largest absolute Gasteiger partial charge is 0.473 e. The number of benzene rings is 1. The Morgan fingerprint density at radius 3 is 0.787 bits per heavy atom. The lowest BCUT2D eigenvalue weighted by Crippen LogP contribution is -1.66. The van der Waals surface area contributed by atoms with Crippen LogP contribution in [-0.4, -0.2) is 60.3 Å². The topological polar surface area (TPSA) is 184 Å². The number of thiophene rings is 1. The zero-order chi connectivity index (χ0) is 43.1. The van der Waals surface area contributed by atoms with E-state index in [1.54, 1.807) is 109 Å². The number of pyridine rings is 3. The highest BCUT2D eigenvalue weighted by Crippen LogP contribution is 1.91. The molecule has 0 amide bonds. The molecule has 0 aliphatic carbocycles. The fourth-order valence-electron chi connectivity index (χ4n) is 2.83. The van der Waals surface area contributed by atoms with Crippen LogP contribution in [0.25, 0.3) is 0 Å². The number of aromatic amines is 1. The molecule has 0 aliphatic heterocycles. The molecule has 1 aromatic carbocycles. The number of furan rings is 1. The van der Waals surface area contributed by atoms with Gasteiger partial charge in [0.05, 0.1) is 12.5 Å². The highest BCUT2D eigenvalue weighted by Gasteiger charge is 1.64. The normalized spacial score (nSPS) is 8.00. The van der Waals surface area contributed by atoms with Gasteiger partial charge in [0.1, 0.15) is 23.7 Å². The molecule has 0 saturated carbocycles. The summed E-state index contributed by atoms with van der Waals surface area (Å²) in [6.07, 6.45) is 29.8. The lowest BCUT2D eigenvalue weighted by atomic mass is 10.4. The van der Waals surface area contributed by atoms with E-state index >= 15 is 0 Å². The Kier molecular flexibility index (Phi) is 39.9. The Morgan fingerprint density at radius 2 is 0.656 bits per heavy atom. The smallest absolute Gasteiger partial charge is 0.203 e. The van der Waals surface area contributed by atoms with Crippen LogP contribution < -0.4 is 0 Å². The fraction of sp³-hybridized carbons (Fsp3) is 0. The Morgan fingerprint density at radius 1 is 0.295 bits per heavy atom. The van der Waals surface area contributed by atoms with Crippen molar-refractivity contribution in [1.29, 1.82) is 0 Å². The SMILES string of the molecule is c1cc[nH]c1.c1ccccc1.c1ccncc1.c1ccncc1.c1ccncc1.c1ccoc1.c1ccsc1.c1cncnc1.c1cncnc1.c1nnco1.c1nncs1. The van der Waals surface area contributed by atoms with Gasteiger partial charge in [-0.3, -0.25) is 15.0 Å². The lowest BCUT2D eigenvalue weighted by Gasteiger charge is -1.70. The third-order valence-corrected chi connectivity index (χ3v) is 6.29. The molecule has 11 aromatic rings. The first kappa shape index (κ1) is 50.8. The van der Waals surface area contributed by atoms with Crippen LogP contribution >= 0.6 is 22.7 Å². The van der Waals surface area contributed by atoms with E-state index in [-0.39, 0.29) is 0 Å². The highest BCUT2D eigenvalue weighted by atomic mass is 32.1. The van der Waals surface area contributed by atoms with E-state index in [0.717, 1.165) is 0 Å². The second kappa shape index (κ2) is 47.9. The molecule has 10 heterocycles. The summed E-state index contributed by atoms with van der Waals surface area (Å²) >= 11 is 3.20. The Bertz CT molecular complexity index is 1490. The van der Waals surface area contributed by atoms with Gasteiger partial charge in [0, 0.05) is 74.4 Å². The first-order valence-electron chi connectivity index (χ1n) is 17.8. The molecule has 10 aromatic heterocycles. The summed E-state index contributed by atoms with van der Waals surface area (Å²) in [4.78, 5) is 28.9. The van der Waals surface area contributed by atoms with Crippen LogP contribution in [0.2, 0.25) is 0 Å². The molecule has 310 valence electrons. The molecule has 61 heavy (non-hydrogen) atoms. The predicted molar refractivity (Wildman–Crippen MR) is 241 cm³/mol. The third kappa shape index (κ3) is 46.1. The van der Waals surface area contributed by atoms with Gasteiger partial charge in [-0.05, 0) is 83.6 Å². The first-order chi connectivity index (χ1) is 30.5. The molecule has 16 heteroatoms. The number of nitrogens with one attached hydrogen (secondary N) is 1. The number of hydrogen-bond acceptors (Lipinski definition) is 15. The molecule has 0 saturated heterocycles. The summed E-state index contributed by atoms with van der Waals surface area (Å²) in [6.45, 7) is 0. The van der Waals surface area contributed by atoms with E-state index in [9.17, 15) is 0 Å². The highest BCUT2D eigenvalue weighted by molar-refractivity contribution is 7.07. The molecule has 0 fully saturated rings. The first-order valence-corrected chi connectivity index (χ1v) is 19.7. The molecule has 14 nitrogen and oxygen atoms in total. The van der Waals surface area contributed by atoms with Crippen LogP contribution in [0.4, 0.5) is 0 Å². The number of hydrogen-bond donors (Lipinski definition) is 1. The summed E-state index contributed by atoms with van der Waals surface area (Å²) in [7, 11) is 0. The van der Waals surface area contributed by atoms with Gasteiger partial charge in [0.2, 0.25) is 12.8 Å². The van der Waals surface area contributed by atoms with Crippen molar-refractivity contribution in [3.63, 3.8) is 0 Å². The Labute approximate surface area is 363 Å². The van der Waals surface area contributed by atoms with Crippen molar-refractivity contribution in [2.24, 2.45) is 0 Å². The average molecular weight is 851 g/mol. The minimum atomic E-state index is 1.26. The number of aromatic nitrogens is 12. The lowest BCUT2D eigenvalue weighted by molar-refractivity contribution is 0.553. The number of H-pyrrole nitrogens is 1. The van der Waals surface area contributed by atoms with Crippen molar-refractivity contribution in [1.82, 2.24) is 60.3 Å².